The molecule has 5 rings (SSSR count). The highest BCUT2D eigenvalue weighted by molar-refractivity contribution is 6.33. The molecule has 2 saturated heterocycles. The number of methoxy groups -OCH3 is 2. The van der Waals surface area contributed by atoms with Crippen LogP contribution in [0, 0.1) is 16.7 Å². The Morgan fingerprint density at radius 2 is 1.59 bits per heavy atom. The van der Waals surface area contributed by atoms with Crippen molar-refractivity contribution in [1.29, 1.82) is 0 Å². The minimum absolute atomic E-state index is 0.0230. The van der Waals surface area contributed by atoms with E-state index < -0.39 is 94.6 Å². The molecule has 0 aromatic heterocycles. The highest BCUT2D eigenvalue weighted by Gasteiger charge is 2.73. The van der Waals surface area contributed by atoms with Crippen molar-refractivity contribution in [3.05, 3.63) is 33.8 Å². The molecule has 6 atom stereocenters. The number of nitrogens with zero attached hydrogens (tertiary/aromatic N) is 4. The number of benzene rings is 1. The summed E-state index contributed by atoms with van der Waals surface area (Å²) in [7, 11) is 7.12. The van der Waals surface area contributed by atoms with E-state index >= 15 is 0 Å². The number of nitrogens with one attached hydrogen (secondary N) is 3. The van der Waals surface area contributed by atoms with Gasteiger partial charge in [-0.3, -0.25) is 33.6 Å². The summed E-state index contributed by atoms with van der Waals surface area (Å²) in [5.74, 6) is -5.28. The van der Waals surface area contributed by atoms with Crippen molar-refractivity contribution in [2.75, 3.05) is 61.7 Å². The first-order valence-electron chi connectivity index (χ1n) is 23.5. The molecule has 4 aliphatic rings. The summed E-state index contributed by atoms with van der Waals surface area (Å²) in [6, 6.07) is -2.71. The second-order valence-electron chi connectivity index (χ2n) is 19.6. The molecular weight excluding hydrogens is 934 g/mol. The number of ether oxygens (including phenoxy) is 2. The lowest BCUT2D eigenvalue weighted by molar-refractivity contribution is -0.285. The number of hydrogen-bond acceptors (Lipinski definition) is 9. The molecule has 2 aliphatic carbocycles. The molecular formula is C47H68Cl2F3N7O9. The van der Waals surface area contributed by atoms with Gasteiger partial charge in [0.15, 0.2) is 0 Å². The fourth-order valence-corrected chi connectivity index (χ4v) is 10.7. The highest BCUT2D eigenvalue weighted by atomic mass is 35.5. The predicted molar refractivity (Wildman–Crippen MR) is 247 cm³/mol. The molecule has 7 amide bonds. The number of halogens is 5. The first-order valence-corrected chi connectivity index (χ1v) is 24.2. The van der Waals surface area contributed by atoms with E-state index in [2.05, 4.69) is 16.0 Å². The molecule has 1 aromatic rings. The third kappa shape index (κ3) is 12.4. The zero-order valence-corrected chi connectivity index (χ0v) is 41.7. The topological polar surface area (TPSA) is 187 Å². The fraction of sp³-hybridized carbons (Fsp3) is 0.723. The third-order valence-electron chi connectivity index (χ3n) is 14.3. The Kier molecular flexibility index (Phi) is 18.6. The second-order valence-corrected chi connectivity index (χ2v) is 20.5. The van der Waals surface area contributed by atoms with Gasteiger partial charge in [-0.2, -0.15) is 13.2 Å². The van der Waals surface area contributed by atoms with Crippen LogP contribution in [0.5, 0.6) is 0 Å². The highest BCUT2D eigenvalue weighted by Crippen LogP contribution is 2.69. The fourth-order valence-electron chi connectivity index (χ4n) is 10.3. The van der Waals surface area contributed by atoms with E-state index in [1.165, 1.54) is 43.0 Å². The van der Waals surface area contributed by atoms with Crippen LogP contribution < -0.4 is 16.0 Å². The number of rotatable bonds is 14. The Labute approximate surface area is 407 Å². The molecule has 0 bridgehead atoms. The Morgan fingerprint density at radius 3 is 2.19 bits per heavy atom. The number of carbonyl (C=O) groups excluding carboxylic acids is 7. The summed E-state index contributed by atoms with van der Waals surface area (Å²) in [5, 5.41) is 8.93. The van der Waals surface area contributed by atoms with Crippen LogP contribution in [0.15, 0.2) is 18.2 Å². The molecule has 1 aromatic carbocycles. The SMILES string of the molecule is COCC[C@H](NC(=O)[C@@H]1CCCN1C(=O)C1(C(F)(F)F)CC2(CCC2)C1)C(=O)N(C)[C@H]1CCCCN(C)C(=O)[C@@H](COC)NC(=O)[C@H](Cc2cc(Cl)ccc2Cl)N(C)C(=O)[C@H](CC(C)C)NC1=O. The molecule has 1 spiro atoms. The predicted octanol–water partition coefficient (Wildman–Crippen LogP) is 4.52. The summed E-state index contributed by atoms with van der Waals surface area (Å²) >= 11 is 12.9. The number of carbonyl (C=O) groups is 7. The molecule has 21 heteroatoms. The molecule has 4 fully saturated rings. The van der Waals surface area contributed by atoms with Gasteiger partial charge in [0.1, 0.15) is 41.7 Å². The number of alkyl halides is 3. The van der Waals surface area contributed by atoms with Gasteiger partial charge in [0.05, 0.1) is 6.61 Å². The van der Waals surface area contributed by atoms with E-state index in [1.54, 1.807) is 25.2 Å². The Balaban J connectivity index is 1.43. The minimum atomic E-state index is -4.80. The lowest BCUT2D eigenvalue weighted by Crippen LogP contribution is -2.66. The number of hydrogen-bond donors (Lipinski definition) is 3. The van der Waals surface area contributed by atoms with Crippen LogP contribution in [-0.2, 0) is 49.5 Å². The van der Waals surface area contributed by atoms with Crippen molar-refractivity contribution < 1.29 is 56.2 Å². The van der Waals surface area contributed by atoms with Gasteiger partial charge in [-0.05, 0) is 106 Å². The van der Waals surface area contributed by atoms with Crippen molar-refractivity contribution in [1.82, 2.24) is 35.6 Å². The van der Waals surface area contributed by atoms with E-state index in [-0.39, 0.29) is 82.2 Å². The molecule has 3 N–H and O–H groups in total. The number of likely N-dealkylation sites (N-methyl/N-ethyl adjacent to an activating group) is 3. The summed E-state index contributed by atoms with van der Waals surface area (Å²) in [4.78, 5) is 105. The summed E-state index contributed by atoms with van der Waals surface area (Å²) in [5.41, 5.74) is -2.61. The molecule has 68 heavy (non-hydrogen) atoms. The largest absolute Gasteiger partial charge is 0.403 e. The van der Waals surface area contributed by atoms with E-state index in [0.717, 1.165) is 11.3 Å². The van der Waals surface area contributed by atoms with Crippen LogP contribution >= 0.6 is 23.2 Å². The molecule has 2 saturated carbocycles. The maximum atomic E-state index is 14.7. The van der Waals surface area contributed by atoms with Gasteiger partial charge in [0.25, 0.3) is 0 Å². The van der Waals surface area contributed by atoms with Crippen LogP contribution in [0.2, 0.25) is 10.0 Å². The van der Waals surface area contributed by atoms with Crippen molar-refractivity contribution in [3.63, 3.8) is 0 Å². The van der Waals surface area contributed by atoms with Gasteiger partial charge in [0, 0.05) is 71.5 Å². The van der Waals surface area contributed by atoms with Crippen molar-refractivity contribution >= 4 is 64.6 Å². The lowest BCUT2D eigenvalue weighted by Gasteiger charge is -2.60. The maximum Gasteiger partial charge on any atom is 0.403 e. The van der Waals surface area contributed by atoms with Crippen molar-refractivity contribution in [2.45, 2.75) is 140 Å². The Bertz CT molecular complexity index is 2020. The monoisotopic (exact) mass is 1000 g/mol. The van der Waals surface area contributed by atoms with Crippen molar-refractivity contribution in [3.8, 4) is 0 Å². The number of likely N-dealkylation sites (tertiary alicyclic amines) is 1. The van der Waals surface area contributed by atoms with Gasteiger partial charge >= 0.3 is 6.18 Å². The molecule has 2 aliphatic heterocycles. The van der Waals surface area contributed by atoms with Gasteiger partial charge in [0.2, 0.25) is 41.4 Å². The third-order valence-corrected chi connectivity index (χ3v) is 14.9. The smallest absolute Gasteiger partial charge is 0.385 e. The zero-order chi connectivity index (χ0) is 50.3. The summed E-state index contributed by atoms with van der Waals surface area (Å²) < 4.78 is 54.7. The second kappa shape index (κ2) is 23.1. The van der Waals surface area contributed by atoms with E-state index in [1.807, 2.05) is 13.8 Å². The first-order chi connectivity index (χ1) is 32.0. The normalized spacial score (nSPS) is 25.4. The first kappa shape index (κ1) is 54.7. The summed E-state index contributed by atoms with van der Waals surface area (Å²) in [6.45, 7) is 3.65. The van der Waals surface area contributed by atoms with Gasteiger partial charge in [-0.1, -0.05) is 43.5 Å². The van der Waals surface area contributed by atoms with Gasteiger partial charge in [-0.25, -0.2) is 0 Å². The van der Waals surface area contributed by atoms with Crippen LogP contribution in [0.1, 0.15) is 96.5 Å². The van der Waals surface area contributed by atoms with Crippen LogP contribution in [-0.4, -0.2) is 165 Å². The molecule has 2 heterocycles. The molecule has 380 valence electrons. The average molecular weight is 1000 g/mol. The Morgan fingerprint density at radius 1 is 0.912 bits per heavy atom. The van der Waals surface area contributed by atoms with E-state index in [4.69, 9.17) is 32.7 Å². The molecule has 16 nitrogen and oxygen atoms in total. The van der Waals surface area contributed by atoms with Gasteiger partial charge in [-0.15, -0.1) is 0 Å². The van der Waals surface area contributed by atoms with Crippen LogP contribution in [0.4, 0.5) is 13.2 Å². The average Bonchev–Trinajstić information content (AvgIpc) is 3.75. The lowest BCUT2D eigenvalue weighted by atomic mass is 9.44. The summed E-state index contributed by atoms with van der Waals surface area (Å²) in [6.07, 6.45) is -2.29. The molecule has 0 unspecified atom stereocenters. The van der Waals surface area contributed by atoms with Crippen LogP contribution in [0.3, 0.4) is 0 Å². The van der Waals surface area contributed by atoms with Crippen LogP contribution in [0.25, 0.3) is 0 Å². The quantitative estimate of drug-likeness (QED) is 0.241. The maximum absolute atomic E-state index is 14.7. The standard InChI is InChI=1S/C47H68Cl2F3N7O9/c1-28(2)22-33-43(65)58(5)37(24-29-23-30(48)14-15-31(29)49)40(62)55-34(25-68-7)41(63)56(3)19-9-8-12-35(38(60)54-33)57(4)42(64)32(16-21-67-6)53-39(61)36-13-10-20-59(36)44(66)46(47(50,51)52)26-45(27-46)17-11-18-45/h14-15,23,28,32-37H,8-13,16-22,24-27H2,1-7H3,(H,53,61)(H,54,60)(H,55,62)/t32-,33-,34+,35-,36-,37-/m0/s1. The minimum Gasteiger partial charge on any atom is -0.385 e. The van der Waals surface area contributed by atoms with Gasteiger partial charge < -0.3 is 45.0 Å². The Hall–Kier alpha value is -4.20. The van der Waals surface area contributed by atoms with E-state index in [9.17, 15) is 46.7 Å². The van der Waals surface area contributed by atoms with Crippen molar-refractivity contribution in [2.24, 2.45) is 16.7 Å². The molecule has 0 radical (unpaired) electrons. The number of amides is 7. The van der Waals surface area contributed by atoms with E-state index in [0.29, 0.717) is 42.7 Å². The zero-order valence-electron chi connectivity index (χ0n) is 40.1.